The van der Waals surface area contributed by atoms with Crippen LogP contribution < -0.4 is 4.74 Å². The first-order chi connectivity index (χ1) is 9.97. The van der Waals surface area contributed by atoms with Crippen molar-refractivity contribution in [3.05, 3.63) is 69.0 Å². The lowest BCUT2D eigenvalue weighted by molar-refractivity contribution is -0.385. The van der Waals surface area contributed by atoms with E-state index in [0.717, 1.165) is 12.1 Å². The molecule has 7 heteroatoms. The third-order valence-electron chi connectivity index (χ3n) is 2.64. The summed E-state index contributed by atoms with van der Waals surface area (Å²) >= 11 is 5.74. The molecule has 0 spiro atoms. The third-order valence-corrected chi connectivity index (χ3v) is 2.88. The molecule has 5 nitrogen and oxygen atoms in total. The molecule has 0 aliphatic rings. The predicted octanol–water partition coefficient (Wildman–Crippen LogP) is 3.65. The quantitative estimate of drug-likeness (QED) is 0.480. The molecule has 0 atom stereocenters. The smallest absolute Gasteiger partial charge is 0.311 e. The largest absolute Gasteiger partial charge is 0.478 e. The van der Waals surface area contributed by atoms with Crippen molar-refractivity contribution in [2.24, 2.45) is 0 Å². The molecule has 0 fully saturated rings. The number of Topliss-reactive ketones (excluding diaryl/α,β-unsaturated/α-hetero) is 1. The highest BCUT2D eigenvalue weighted by Gasteiger charge is 2.17. The minimum absolute atomic E-state index is 0.0945. The molecule has 0 N–H and O–H groups in total. The van der Waals surface area contributed by atoms with Gasteiger partial charge in [-0.1, -0.05) is 11.6 Å². The Kier molecular flexibility index (Phi) is 4.49. The Morgan fingerprint density at radius 2 is 1.90 bits per heavy atom. The number of ether oxygens (including phenoxy) is 1. The second kappa shape index (κ2) is 6.32. The van der Waals surface area contributed by atoms with Crippen LogP contribution in [0.25, 0.3) is 0 Å². The number of ketones is 1. The van der Waals surface area contributed by atoms with Crippen LogP contribution in [0.3, 0.4) is 0 Å². The van der Waals surface area contributed by atoms with Crippen LogP contribution in [0.15, 0.2) is 42.5 Å². The number of benzene rings is 2. The summed E-state index contributed by atoms with van der Waals surface area (Å²) in [5, 5.41) is 11.1. The van der Waals surface area contributed by atoms with Crippen LogP contribution in [0.1, 0.15) is 10.4 Å². The maximum absolute atomic E-state index is 12.8. The predicted molar refractivity (Wildman–Crippen MR) is 74.3 cm³/mol. The number of nitrogens with zero attached hydrogens (tertiary/aromatic N) is 1. The molecule has 0 radical (unpaired) electrons. The number of nitro benzene ring substituents is 1. The van der Waals surface area contributed by atoms with Crippen LogP contribution in [0.4, 0.5) is 10.1 Å². The fraction of sp³-hybridized carbons (Fsp3) is 0.0714. The zero-order valence-electron chi connectivity index (χ0n) is 10.6. The van der Waals surface area contributed by atoms with Gasteiger partial charge in [-0.15, -0.1) is 0 Å². The van der Waals surface area contributed by atoms with Crippen molar-refractivity contribution in [1.82, 2.24) is 0 Å². The van der Waals surface area contributed by atoms with E-state index in [4.69, 9.17) is 16.3 Å². The summed E-state index contributed by atoms with van der Waals surface area (Å²) < 4.78 is 17.9. The van der Waals surface area contributed by atoms with Crippen molar-refractivity contribution >= 4 is 23.1 Å². The highest BCUT2D eigenvalue weighted by molar-refractivity contribution is 6.30. The standard InChI is InChI=1S/C14H9ClFNO4/c15-10-3-6-12(17(19)20)14(7-10)21-8-13(18)9-1-4-11(16)5-2-9/h1-7H,8H2. The fourth-order valence-electron chi connectivity index (χ4n) is 1.62. The molecule has 0 aliphatic carbocycles. The van der Waals surface area contributed by atoms with Crippen molar-refractivity contribution in [3.63, 3.8) is 0 Å². The topological polar surface area (TPSA) is 69.4 Å². The number of halogens is 2. The molecule has 2 rings (SSSR count). The van der Waals surface area contributed by atoms with Gasteiger partial charge in [-0.05, 0) is 30.3 Å². The molecule has 0 amide bonds. The SMILES string of the molecule is O=C(COc1cc(Cl)ccc1[N+](=O)[O-])c1ccc(F)cc1. The molecule has 108 valence electrons. The molecule has 2 aromatic rings. The van der Waals surface area contributed by atoms with Gasteiger partial charge in [0.1, 0.15) is 5.82 Å². The van der Waals surface area contributed by atoms with Crippen molar-refractivity contribution in [3.8, 4) is 5.75 Å². The van der Waals surface area contributed by atoms with E-state index in [1.807, 2.05) is 0 Å². The molecule has 0 aromatic heterocycles. The number of carbonyl (C=O) groups excluding carboxylic acids is 1. The molecule has 21 heavy (non-hydrogen) atoms. The van der Waals surface area contributed by atoms with E-state index in [2.05, 4.69) is 0 Å². The Balaban J connectivity index is 2.12. The van der Waals surface area contributed by atoms with Gasteiger partial charge in [0.25, 0.3) is 0 Å². The second-order valence-corrected chi connectivity index (χ2v) is 4.52. The van der Waals surface area contributed by atoms with Crippen molar-refractivity contribution < 1.29 is 18.8 Å². The minimum Gasteiger partial charge on any atom is -0.478 e. The second-order valence-electron chi connectivity index (χ2n) is 4.09. The van der Waals surface area contributed by atoms with Crippen LogP contribution in [-0.2, 0) is 0 Å². The normalized spacial score (nSPS) is 10.2. The van der Waals surface area contributed by atoms with Crippen LogP contribution in [0.2, 0.25) is 5.02 Å². The summed E-state index contributed by atoms with van der Waals surface area (Å²) in [5.41, 5.74) is -0.0348. The van der Waals surface area contributed by atoms with Crippen LogP contribution in [0, 0.1) is 15.9 Å². The van der Waals surface area contributed by atoms with Gasteiger partial charge < -0.3 is 4.74 Å². The van der Waals surface area contributed by atoms with Crippen molar-refractivity contribution in [1.29, 1.82) is 0 Å². The van der Waals surface area contributed by atoms with E-state index in [-0.39, 0.29) is 22.0 Å². The summed E-state index contributed by atoms with van der Waals surface area (Å²) in [6.45, 7) is -0.410. The molecule has 0 heterocycles. The monoisotopic (exact) mass is 309 g/mol. The Labute approximate surface area is 124 Å². The number of rotatable bonds is 5. The van der Waals surface area contributed by atoms with E-state index >= 15 is 0 Å². The number of carbonyl (C=O) groups is 1. The molecule has 2 aromatic carbocycles. The van der Waals surface area contributed by atoms with Gasteiger partial charge in [-0.25, -0.2) is 4.39 Å². The van der Waals surface area contributed by atoms with E-state index < -0.39 is 23.1 Å². The van der Waals surface area contributed by atoms with Gasteiger partial charge in [0.05, 0.1) is 4.92 Å². The zero-order valence-corrected chi connectivity index (χ0v) is 11.3. The minimum atomic E-state index is -0.631. The highest BCUT2D eigenvalue weighted by Crippen LogP contribution is 2.29. The van der Waals surface area contributed by atoms with Gasteiger partial charge in [-0.2, -0.15) is 0 Å². The number of nitro groups is 1. The molecule has 0 saturated carbocycles. The summed E-state index contributed by atoms with van der Waals surface area (Å²) in [4.78, 5) is 22.1. The Hall–Kier alpha value is -2.47. The van der Waals surface area contributed by atoms with Crippen molar-refractivity contribution in [2.75, 3.05) is 6.61 Å². The average Bonchev–Trinajstić information content (AvgIpc) is 2.45. The van der Waals surface area contributed by atoms with E-state index in [9.17, 15) is 19.3 Å². The average molecular weight is 310 g/mol. The Morgan fingerprint density at radius 1 is 1.24 bits per heavy atom. The Morgan fingerprint density at radius 3 is 2.52 bits per heavy atom. The Bertz CT molecular complexity index is 688. The summed E-state index contributed by atoms with van der Waals surface area (Å²) in [6.07, 6.45) is 0. The van der Waals surface area contributed by atoms with Gasteiger partial charge >= 0.3 is 5.69 Å². The van der Waals surface area contributed by atoms with Gasteiger partial charge in [-0.3, -0.25) is 14.9 Å². The highest BCUT2D eigenvalue weighted by atomic mass is 35.5. The molecule has 0 unspecified atom stereocenters. The van der Waals surface area contributed by atoms with Gasteiger partial charge in [0.15, 0.2) is 18.1 Å². The molecule has 0 bridgehead atoms. The van der Waals surface area contributed by atoms with Crippen LogP contribution >= 0.6 is 11.6 Å². The maximum Gasteiger partial charge on any atom is 0.311 e. The lowest BCUT2D eigenvalue weighted by Gasteiger charge is -2.06. The third kappa shape index (κ3) is 3.76. The number of hydrogen-bond acceptors (Lipinski definition) is 4. The first-order valence-corrected chi connectivity index (χ1v) is 6.20. The van der Waals surface area contributed by atoms with Crippen LogP contribution in [0.5, 0.6) is 5.75 Å². The summed E-state index contributed by atoms with van der Waals surface area (Å²) in [6, 6.07) is 8.73. The zero-order chi connectivity index (χ0) is 15.4. The maximum atomic E-state index is 12.8. The number of hydrogen-bond donors (Lipinski definition) is 0. The first-order valence-electron chi connectivity index (χ1n) is 5.83. The molecular formula is C14H9ClFNO4. The molecular weight excluding hydrogens is 301 g/mol. The molecule has 0 aliphatic heterocycles. The fourth-order valence-corrected chi connectivity index (χ4v) is 1.78. The van der Waals surface area contributed by atoms with Crippen molar-refractivity contribution in [2.45, 2.75) is 0 Å². The summed E-state index contributed by atoms with van der Waals surface area (Å²) in [5.74, 6) is -0.981. The van der Waals surface area contributed by atoms with Crippen LogP contribution in [-0.4, -0.2) is 17.3 Å². The van der Waals surface area contributed by atoms with Gasteiger partial charge in [0, 0.05) is 22.7 Å². The van der Waals surface area contributed by atoms with E-state index in [1.54, 1.807) is 0 Å². The lowest BCUT2D eigenvalue weighted by atomic mass is 10.1. The molecule has 0 saturated heterocycles. The van der Waals surface area contributed by atoms with E-state index in [1.165, 1.54) is 30.3 Å². The summed E-state index contributed by atoms with van der Waals surface area (Å²) in [7, 11) is 0. The lowest BCUT2D eigenvalue weighted by Crippen LogP contribution is -2.12. The van der Waals surface area contributed by atoms with E-state index in [0.29, 0.717) is 0 Å². The first kappa shape index (κ1) is 14.9. The van der Waals surface area contributed by atoms with Gasteiger partial charge in [0.2, 0.25) is 0 Å².